The van der Waals surface area contributed by atoms with Crippen molar-refractivity contribution in [3.63, 3.8) is 0 Å². The zero-order valence-corrected chi connectivity index (χ0v) is 32.1. The van der Waals surface area contributed by atoms with E-state index in [1.807, 2.05) is 0 Å². The largest absolute Gasteiger partial charge is 0.290 e. The highest BCUT2D eigenvalue weighted by molar-refractivity contribution is 6.17. The summed E-state index contributed by atoms with van der Waals surface area (Å²) in [5.74, 6) is 0.561. The van der Waals surface area contributed by atoms with Gasteiger partial charge >= 0.3 is 0 Å². The third-order valence-electron chi connectivity index (χ3n) is 10.2. The lowest BCUT2D eigenvalue weighted by molar-refractivity contribution is -0.308. The molecule has 0 aromatic heterocycles. The molecule has 0 bridgehead atoms. The highest BCUT2D eigenvalue weighted by Gasteiger charge is 2.45. The summed E-state index contributed by atoms with van der Waals surface area (Å²) in [6.45, 7) is 25.1. The first-order valence-electron chi connectivity index (χ1n) is 18.3. The number of piperidine rings is 2. The van der Waals surface area contributed by atoms with E-state index >= 15 is 0 Å². The molecule has 2 heterocycles. The lowest BCUT2D eigenvalue weighted by Crippen LogP contribution is -2.58. The second kappa shape index (κ2) is 16.8. The first-order chi connectivity index (χ1) is 21.6. The molecule has 2 aliphatic rings. The molecule has 260 valence electrons. The summed E-state index contributed by atoms with van der Waals surface area (Å²) in [6.07, 6.45) is 13.0. The van der Waals surface area contributed by atoms with Crippen molar-refractivity contribution in [1.29, 1.82) is 0 Å². The van der Waals surface area contributed by atoms with Crippen LogP contribution in [-0.4, -0.2) is 32.3 Å². The third kappa shape index (κ3) is 10.3. The maximum Gasteiger partial charge on any atom is 0.104 e. The van der Waals surface area contributed by atoms with E-state index in [0.717, 1.165) is 37.7 Å². The van der Waals surface area contributed by atoms with Crippen molar-refractivity contribution < 1.29 is 9.68 Å². The Bertz CT molecular complexity index is 1050. The summed E-state index contributed by atoms with van der Waals surface area (Å²) in [4.78, 5) is 13.3. The molecule has 5 heteroatoms. The van der Waals surface area contributed by atoms with Gasteiger partial charge in [-0.1, -0.05) is 82.1 Å². The van der Waals surface area contributed by atoms with Crippen LogP contribution in [0.2, 0.25) is 0 Å². The fourth-order valence-electron chi connectivity index (χ4n) is 7.65. The Morgan fingerprint density at radius 1 is 0.565 bits per heavy atom. The summed E-state index contributed by atoms with van der Waals surface area (Å²) < 4.78 is 0. The molecule has 2 unspecified atom stereocenters. The molecule has 2 saturated heterocycles. The first-order valence-corrected chi connectivity index (χ1v) is 18.8. The minimum absolute atomic E-state index is 0.0732. The summed E-state index contributed by atoms with van der Waals surface area (Å²) in [5.41, 5.74) is 5.44. The molecule has 2 aromatic carbocycles. The minimum atomic E-state index is 0.0732. The van der Waals surface area contributed by atoms with Gasteiger partial charge in [-0.3, -0.25) is 9.68 Å². The molecular weight excluding hydrogens is 588 g/mol. The standard InChI is InChI=1S/C21H35NO.C20H32ClNO/c1-7-10-19(18-13-11-17(8-2)12-14-18)23-22-20(3,4)15-9-16-21(22,5)6;1-6-8-18(17-11-9-16(15-21)10-12-17)23-22-19(2,3)13-7-14-20(22,4)5/h11-14,19H,7-10,15-16H2,1-6H3;9-12,18H,6-8,13-15H2,1-5H3. The maximum absolute atomic E-state index is 6.66. The molecule has 0 amide bonds. The van der Waals surface area contributed by atoms with Crippen LogP contribution in [0.25, 0.3) is 0 Å². The van der Waals surface area contributed by atoms with Gasteiger partial charge in [0.2, 0.25) is 0 Å². The van der Waals surface area contributed by atoms with Gasteiger partial charge in [-0.25, -0.2) is 0 Å². The number of aryl methyl sites for hydroxylation is 1. The van der Waals surface area contributed by atoms with Crippen molar-refractivity contribution in [2.75, 3.05) is 0 Å². The quantitative estimate of drug-likeness (QED) is 0.213. The van der Waals surface area contributed by atoms with Gasteiger partial charge in [0.25, 0.3) is 0 Å². The maximum atomic E-state index is 6.66. The van der Waals surface area contributed by atoms with Gasteiger partial charge < -0.3 is 0 Å². The molecule has 2 fully saturated rings. The zero-order chi connectivity index (χ0) is 34.2. The molecule has 0 saturated carbocycles. The van der Waals surface area contributed by atoms with E-state index in [2.05, 4.69) is 135 Å². The Labute approximate surface area is 288 Å². The molecule has 2 aromatic rings. The van der Waals surface area contributed by atoms with Gasteiger partial charge in [-0.15, -0.1) is 11.6 Å². The van der Waals surface area contributed by atoms with Gasteiger partial charge in [-0.2, -0.15) is 10.1 Å². The Morgan fingerprint density at radius 2 is 0.891 bits per heavy atom. The van der Waals surface area contributed by atoms with Gasteiger partial charge in [0, 0.05) is 28.0 Å². The van der Waals surface area contributed by atoms with Crippen molar-refractivity contribution in [3.05, 3.63) is 70.8 Å². The molecule has 0 spiro atoms. The van der Waals surface area contributed by atoms with Gasteiger partial charge in [0.1, 0.15) is 12.2 Å². The number of alkyl halides is 1. The van der Waals surface area contributed by atoms with E-state index in [1.165, 1.54) is 55.2 Å². The van der Waals surface area contributed by atoms with E-state index in [-0.39, 0.29) is 34.4 Å². The lowest BCUT2D eigenvalue weighted by Gasteiger charge is -2.52. The predicted octanol–water partition coefficient (Wildman–Crippen LogP) is 12.3. The van der Waals surface area contributed by atoms with Crippen LogP contribution in [0.5, 0.6) is 0 Å². The summed E-state index contributed by atoms with van der Waals surface area (Å²) in [5, 5.41) is 4.58. The SMILES string of the molecule is CCCC(ON1C(C)(C)CCCC1(C)C)c1ccc(CC)cc1.CCCC(ON1C(C)(C)CCCC1(C)C)c1ccc(CCl)cc1. The van der Waals surface area contributed by atoms with Crippen molar-refractivity contribution >= 4 is 11.6 Å². The number of hydrogen-bond acceptors (Lipinski definition) is 4. The van der Waals surface area contributed by atoms with Crippen molar-refractivity contribution in [2.45, 2.75) is 187 Å². The minimum Gasteiger partial charge on any atom is -0.290 e. The number of hydrogen-bond donors (Lipinski definition) is 0. The van der Waals surface area contributed by atoms with Crippen LogP contribution in [0.3, 0.4) is 0 Å². The first kappa shape index (κ1) is 39.0. The molecule has 0 aliphatic carbocycles. The number of nitrogens with zero attached hydrogens (tertiary/aromatic N) is 2. The number of hydroxylamine groups is 4. The van der Waals surface area contributed by atoms with Gasteiger partial charge in [-0.05, 0) is 135 Å². The fourth-order valence-corrected chi connectivity index (χ4v) is 7.83. The molecule has 2 aliphatic heterocycles. The molecule has 0 radical (unpaired) electrons. The van der Waals surface area contributed by atoms with Crippen LogP contribution in [0.1, 0.15) is 175 Å². The molecule has 4 nitrogen and oxygen atoms in total. The fraction of sp³-hybridized carbons (Fsp3) is 0.707. The Kier molecular flexibility index (Phi) is 14.2. The highest BCUT2D eigenvalue weighted by atomic mass is 35.5. The third-order valence-corrected chi connectivity index (χ3v) is 10.5. The second-order valence-corrected chi connectivity index (χ2v) is 16.5. The Morgan fingerprint density at radius 3 is 1.17 bits per heavy atom. The van der Waals surface area contributed by atoms with E-state index < -0.39 is 0 Å². The Balaban J connectivity index is 0.000000250. The van der Waals surface area contributed by atoms with Gasteiger partial charge in [0.15, 0.2) is 0 Å². The van der Waals surface area contributed by atoms with E-state index in [1.54, 1.807) is 0 Å². The molecule has 2 atom stereocenters. The summed E-state index contributed by atoms with van der Waals surface area (Å²) >= 11 is 5.91. The van der Waals surface area contributed by atoms with Crippen LogP contribution >= 0.6 is 11.6 Å². The molecule has 0 N–H and O–H groups in total. The average Bonchev–Trinajstić information content (AvgIpc) is 2.99. The van der Waals surface area contributed by atoms with Crippen LogP contribution < -0.4 is 0 Å². The monoisotopic (exact) mass is 654 g/mol. The van der Waals surface area contributed by atoms with Crippen LogP contribution in [0, 0.1) is 0 Å². The smallest absolute Gasteiger partial charge is 0.104 e. The predicted molar refractivity (Wildman–Crippen MR) is 197 cm³/mol. The lowest BCUT2D eigenvalue weighted by atomic mass is 9.82. The normalized spacial score (nSPS) is 22.0. The number of halogens is 1. The van der Waals surface area contributed by atoms with E-state index in [4.69, 9.17) is 21.3 Å². The van der Waals surface area contributed by atoms with Crippen LogP contribution in [0.15, 0.2) is 48.5 Å². The van der Waals surface area contributed by atoms with Crippen LogP contribution in [-0.2, 0) is 22.0 Å². The summed E-state index contributed by atoms with van der Waals surface area (Å²) in [7, 11) is 0. The van der Waals surface area contributed by atoms with Crippen molar-refractivity contribution in [3.8, 4) is 0 Å². The second-order valence-electron chi connectivity index (χ2n) is 16.3. The topological polar surface area (TPSA) is 24.9 Å². The van der Waals surface area contributed by atoms with Crippen molar-refractivity contribution in [2.24, 2.45) is 0 Å². The average molecular weight is 655 g/mol. The van der Waals surface area contributed by atoms with E-state index in [0.29, 0.717) is 5.88 Å². The summed E-state index contributed by atoms with van der Waals surface area (Å²) in [6, 6.07) is 17.6. The molecule has 46 heavy (non-hydrogen) atoms. The van der Waals surface area contributed by atoms with Crippen molar-refractivity contribution in [1.82, 2.24) is 10.1 Å². The van der Waals surface area contributed by atoms with Gasteiger partial charge in [0.05, 0.1) is 0 Å². The zero-order valence-electron chi connectivity index (χ0n) is 31.3. The van der Waals surface area contributed by atoms with Crippen LogP contribution in [0.4, 0.5) is 0 Å². The highest BCUT2D eigenvalue weighted by Crippen LogP contribution is 2.42. The molecular formula is C41H67ClN2O2. The molecule has 4 rings (SSSR count). The van der Waals surface area contributed by atoms with E-state index in [9.17, 15) is 0 Å². The number of rotatable bonds is 12. The number of benzene rings is 2. The Hall–Kier alpha value is -1.43.